The van der Waals surface area contributed by atoms with Crippen LogP contribution in [-0.4, -0.2) is 24.6 Å². The Morgan fingerprint density at radius 3 is 2.74 bits per heavy atom. The van der Waals surface area contributed by atoms with E-state index in [4.69, 9.17) is 0 Å². The van der Waals surface area contributed by atoms with Crippen molar-refractivity contribution < 1.29 is 0 Å². The average Bonchev–Trinajstić information content (AvgIpc) is 2.87. The van der Waals surface area contributed by atoms with E-state index in [1.54, 1.807) is 6.20 Å². The van der Waals surface area contributed by atoms with E-state index in [1.807, 2.05) is 25.3 Å². The normalized spacial score (nSPS) is 11.8. The van der Waals surface area contributed by atoms with Crippen LogP contribution < -0.4 is 11.0 Å². The number of hydrogen-bond donors (Lipinski definition) is 2. The first-order valence-corrected chi connectivity index (χ1v) is 7.48. The Morgan fingerprint density at radius 2 is 2.09 bits per heavy atom. The van der Waals surface area contributed by atoms with Crippen molar-refractivity contribution in [2.45, 2.75) is 39.7 Å². The predicted molar refractivity (Wildman–Crippen MR) is 88.6 cm³/mol. The second kappa shape index (κ2) is 5.49. The van der Waals surface area contributed by atoms with Gasteiger partial charge in [0.05, 0.1) is 5.69 Å². The molecule has 0 radical (unpaired) electrons. The van der Waals surface area contributed by atoms with Crippen LogP contribution in [0.2, 0.25) is 0 Å². The summed E-state index contributed by atoms with van der Waals surface area (Å²) in [6.45, 7) is 8.68. The van der Waals surface area contributed by atoms with Crippen molar-refractivity contribution in [3.05, 3.63) is 52.0 Å². The molecule has 0 amide bonds. The molecule has 7 heteroatoms. The lowest BCUT2D eigenvalue weighted by atomic mass is 9.93. The standard InChI is InChI=1S/C16H20N6O/c1-10-5-6-11(7-17-10)8-18-13-14-20-21-15(23)22(14)9-12(19-13)16(2,3)4/h5-7,9H,8H2,1-4H3,(H,18,19)(H,21,23). The molecule has 3 heterocycles. The van der Waals surface area contributed by atoms with Gasteiger partial charge in [0.1, 0.15) is 0 Å². The van der Waals surface area contributed by atoms with Crippen molar-refractivity contribution in [3.8, 4) is 0 Å². The minimum Gasteiger partial charge on any atom is -0.363 e. The van der Waals surface area contributed by atoms with Gasteiger partial charge in [0.2, 0.25) is 5.65 Å². The number of rotatable bonds is 3. The third-order valence-corrected chi connectivity index (χ3v) is 3.60. The number of aromatic nitrogens is 5. The van der Waals surface area contributed by atoms with Crippen LogP contribution in [0.1, 0.15) is 37.7 Å². The molecular formula is C16H20N6O. The highest BCUT2D eigenvalue weighted by Gasteiger charge is 2.19. The lowest BCUT2D eigenvalue weighted by molar-refractivity contribution is 0.565. The summed E-state index contributed by atoms with van der Waals surface area (Å²) in [4.78, 5) is 20.8. The first kappa shape index (κ1) is 15.2. The van der Waals surface area contributed by atoms with Crippen LogP contribution in [0.25, 0.3) is 5.65 Å². The Bertz CT molecular complexity index is 886. The number of H-pyrrole nitrogens is 1. The minimum atomic E-state index is -0.270. The number of nitrogens with one attached hydrogen (secondary N) is 2. The van der Waals surface area contributed by atoms with E-state index in [0.717, 1.165) is 17.0 Å². The van der Waals surface area contributed by atoms with Gasteiger partial charge in [-0.05, 0) is 18.6 Å². The van der Waals surface area contributed by atoms with E-state index in [2.05, 4.69) is 46.3 Å². The lowest BCUT2D eigenvalue weighted by Crippen LogP contribution is -2.19. The van der Waals surface area contributed by atoms with Gasteiger partial charge in [0.15, 0.2) is 5.82 Å². The fourth-order valence-electron chi connectivity index (χ4n) is 2.18. The number of aryl methyl sites for hydroxylation is 1. The number of pyridine rings is 1. The number of fused-ring (bicyclic) bond motifs is 1. The van der Waals surface area contributed by atoms with Gasteiger partial charge >= 0.3 is 5.69 Å². The van der Waals surface area contributed by atoms with Crippen LogP contribution >= 0.6 is 0 Å². The Hall–Kier alpha value is -2.70. The Morgan fingerprint density at radius 1 is 1.30 bits per heavy atom. The summed E-state index contributed by atoms with van der Waals surface area (Å²) in [6.07, 6.45) is 3.56. The van der Waals surface area contributed by atoms with Gasteiger partial charge in [-0.3, -0.25) is 4.98 Å². The van der Waals surface area contributed by atoms with Gasteiger partial charge < -0.3 is 5.32 Å². The average molecular weight is 312 g/mol. The maximum absolute atomic E-state index is 11.9. The van der Waals surface area contributed by atoms with Crippen LogP contribution in [-0.2, 0) is 12.0 Å². The Kier molecular flexibility index (Phi) is 3.63. The highest BCUT2D eigenvalue weighted by molar-refractivity contribution is 5.62. The molecule has 120 valence electrons. The molecule has 0 saturated carbocycles. The van der Waals surface area contributed by atoms with Crippen molar-refractivity contribution >= 4 is 11.5 Å². The van der Waals surface area contributed by atoms with Crippen molar-refractivity contribution in [1.82, 2.24) is 24.6 Å². The molecule has 0 bridgehead atoms. The molecule has 0 aliphatic carbocycles. The van der Waals surface area contributed by atoms with E-state index in [1.165, 1.54) is 4.40 Å². The molecule has 0 aliphatic rings. The molecule has 23 heavy (non-hydrogen) atoms. The third kappa shape index (κ3) is 3.08. The summed E-state index contributed by atoms with van der Waals surface area (Å²) in [6, 6.07) is 3.97. The largest absolute Gasteiger partial charge is 0.363 e. The van der Waals surface area contributed by atoms with Crippen molar-refractivity contribution in [1.29, 1.82) is 0 Å². The minimum absolute atomic E-state index is 0.174. The van der Waals surface area contributed by atoms with E-state index in [-0.39, 0.29) is 11.1 Å². The zero-order valence-electron chi connectivity index (χ0n) is 13.7. The summed E-state index contributed by atoms with van der Waals surface area (Å²) in [5, 5.41) is 9.77. The first-order chi connectivity index (χ1) is 10.8. The van der Waals surface area contributed by atoms with Crippen LogP contribution in [0.3, 0.4) is 0 Å². The smallest absolute Gasteiger partial charge is 0.347 e. The zero-order valence-corrected chi connectivity index (χ0v) is 13.7. The molecule has 0 atom stereocenters. The molecule has 0 saturated heterocycles. The van der Waals surface area contributed by atoms with Gasteiger partial charge in [-0.25, -0.2) is 19.3 Å². The van der Waals surface area contributed by atoms with Crippen LogP contribution in [0.4, 0.5) is 5.82 Å². The van der Waals surface area contributed by atoms with Gasteiger partial charge in [0, 0.05) is 30.0 Å². The number of aromatic amines is 1. The first-order valence-electron chi connectivity index (χ1n) is 7.48. The second-order valence-corrected chi connectivity index (χ2v) is 6.61. The molecule has 3 rings (SSSR count). The van der Waals surface area contributed by atoms with Crippen molar-refractivity contribution in [3.63, 3.8) is 0 Å². The predicted octanol–water partition coefficient (Wildman–Crippen LogP) is 2.03. The molecule has 0 aliphatic heterocycles. The highest BCUT2D eigenvalue weighted by atomic mass is 16.1. The molecule has 0 fully saturated rings. The van der Waals surface area contributed by atoms with Crippen molar-refractivity contribution in [2.75, 3.05) is 5.32 Å². The van der Waals surface area contributed by atoms with Gasteiger partial charge in [-0.15, -0.1) is 5.10 Å². The highest BCUT2D eigenvalue weighted by Crippen LogP contribution is 2.23. The quantitative estimate of drug-likeness (QED) is 0.772. The van der Waals surface area contributed by atoms with E-state index < -0.39 is 0 Å². The summed E-state index contributed by atoms with van der Waals surface area (Å²) in [5.41, 5.74) is 2.87. The van der Waals surface area contributed by atoms with Crippen molar-refractivity contribution in [2.24, 2.45) is 0 Å². The molecule has 3 aromatic heterocycles. The maximum atomic E-state index is 11.9. The molecule has 0 unspecified atom stereocenters. The Balaban J connectivity index is 1.98. The number of hydrogen-bond acceptors (Lipinski definition) is 5. The summed E-state index contributed by atoms with van der Waals surface area (Å²) in [7, 11) is 0. The summed E-state index contributed by atoms with van der Waals surface area (Å²) in [5.74, 6) is 0.580. The number of anilines is 1. The molecule has 0 aromatic carbocycles. The Labute approximate surface area is 133 Å². The maximum Gasteiger partial charge on any atom is 0.347 e. The summed E-state index contributed by atoms with van der Waals surface area (Å²) < 4.78 is 1.49. The van der Waals surface area contributed by atoms with Crippen LogP contribution in [0.5, 0.6) is 0 Å². The molecular weight excluding hydrogens is 292 g/mol. The van der Waals surface area contributed by atoms with E-state index >= 15 is 0 Å². The molecule has 0 spiro atoms. The van der Waals surface area contributed by atoms with Gasteiger partial charge in [-0.2, -0.15) is 0 Å². The molecule has 3 aromatic rings. The zero-order chi connectivity index (χ0) is 16.6. The third-order valence-electron chi connectivity index (χ3n) is 3.60. The van der Waals surface area contributed by atoms with E-state index in [0.29, 0.717) is 18.0 Å². The topological polar surface area (TPSA) is 88.0 Å². The summed E-state index contributed by atoms with van der Waals surface area (Å²) >= 11 is 0. The molecule has 7 nitrogen and oxygen atoms in total. The SMILES string of the molecule is Cc1ccc(CNc2nc(C(C)(C)C)cn3c(=O)[nH]nc23)cn1. The fourth-order valence-corrected chi connectivity index (χ4v) is 2.18. The fraction of sp³-hybridized carbons (Fsp3) is 0.375. The second-order valence-electron chi connectivity index (χ2n) is 6.61. The van der Waals surface area contributed by atoms with Gasteiger partial charge in [-0.1, -0.05) is 26.8 Å². The van der Waals surface area contributed by atoms with Gasteiger partial charge in [0.25, 0.3) is 0 Å². The van der Waals surface area contributed by atoms with E-state index in [9.17, 15) is 4.79 Å². The van der Waals surface area contributed by atoms with Crippen LogP contribution in [0.15, 0.2) is 29.3 Å². The van der Waals surface area contributed by atoms with Crippen LogP contribution in [0, 0.1) is 6.92 Å². The monoisotopic (exact) mass is 312 g/mol. The molecule has 2 N–H and O–H groups in total. The lowest BCUT2D eigenvalue weighted by Gasteiger charge is -2.19. The number of nitrogens with zero attached hydrogens (tertiary/aromatic N) is 4.